The van der Waals surface area contributed by atoms with Crippen LogP contribution in [0, 0.1) is 0 Å². The maximum atomic E-state index is 11.8. The zero-order chi connectivity index (χ0) is 19.9. The molecule has 2 atom stereocenters. The molecule has 0 aromatic carbocycles. The Balaban J connectivity index is 1.99. The number of nitrogens with one attached hydrogen (secondary N) is 1. The Morgan fingerprint density at radius 3 is 2.81 bits per heavy atom. The SMILES string of the molecule is COc1cc(C(C)OC2CCCCO2)c(CCNC(=O)OC(C)(C)C)cn1. The van der Waals surface area contributed by atoms with E-state index in [-0.39, 0.29) is 12.4 Å². The molecule has 2 rings (SSSR count). The van der Waals surface area contributed by atoms with Crippen LogP contribution in [0.2, 0.25) is 0 Å². The third-order valence-corrected chi connectivity index (χ3v) is 4.20. The topological polar surface area (TPSA) is 78.9 Å². The van der Waals surface area contributed by atoms with Crippen LogP contribution in [-0.4, -0.2) is 43.2 Å². The van der Waals surface area contributed by atoms with Crippen LogP contribution < -0.4 is 10.1 Å². The summed E-state index contributed by atoms with van der Waals surface area (Å²) in [5.74, 6) is 0.536. The maximum absolute atomic E-state index is 11.8. The predicted molar refractivity (Wildman–Crippen MR) is 102 cm³/mol. The molecule has 7 heteroatoms. The van der Waals surface area contributed by atoms with Gasteiger partial charge >= 0.3 is 6.09 Å². The second kappa shape index (κ2) is 9.90. The third-order valence-electron chi connectivity index (χ3n) is 4.20. The number of hydrogen-bond acceptors (Lipinski definition) is 6. The highest BCUT2D eigenvalue weighted by Gasteiger charge is 2.21. The molecule has 152 valence electrons. The first-order chi connectivity index (χ1) is 12.8. The molecule has 0 radical (unpaired) electrons. The normalized spacial score (nSPS) is 18.6. The lowest BCUT2D eigenvalue weighted by molar-refractivity contribution is -0.186. The first kappa shape index (κ1) is 21.4. The molecule has 1 N–H and O–H groups in total. The summed E-state index contributed by atoms with van der Waals surface area (Å²) in [4.78, 5) is 16.1. The fraction of sp³-hybridized carbons (Fsp3) is 0.700. The number of hydrogen-bond donors (Lipinski definition) is 1. The van der Waals surface area contributed by atoms with Crippen LogP contribution in [0.3, 0.4) is 0 Å². The fourth-order valence-electron chi connectivity index (χ4n) is 2.91. The molecule has 1 aromatic rings. The van der Waals surface area contributed by atoms with Crippen molar-refractivity contribution >= 4 is 6.09 Å². The van der Waals surface area contributed by atoms with E-state index in [9.17, 15) is 4.79 Å². The van der Waals surface area contributed by atoms with Crippen LogP contribution >= 0.6 is 0 Å². The van der Waals surface area contributed by atoms with Gasteiger partial charge in [0.2, 0.25) is 5.88 Å². The van der Waals surface area contributed by atoms with E-state index < -0.39 is 11.7 Å². The average molecular weight is 380 g/mol. The number of ether oxygens (including phenoxy) is 4. The molecule has 1 aliphatic rings. The van der Waals surface area contributed by atoms with Gasteiger partial charge in [-0.2, -0.15) is 0 Å². The molecule has 2 heterocycles. The molecule has 0 spiro atoms. The molecule has 0 bridgehead atoms. The number of alkyl carbamates (subject to hydrolysis) is 1. The second-order valence-corrected chi connectivity index (χ2v) is 7.68. The van der Waals surface area contributed by atoms with Gasteiger partial charge in [-0.15, -0.1) is 0 Å². The summed E-state index contributed by atoms with van der Waals surface area (Å²) < 4.78 is 22.3. The Hall–Kier alpha value is -1.86. The molecule has 27 heavy (non-hydrogen) atoms. The predicted octanol–water partition coefficient (Wildman–Crippen LogP) is 3.76. The Bertz CT molecular complexity index is 609. The number of carbonyl (C=O) groups excluding carboxylic acids is 1. The number of aromatic nitrogens is 1. The van der Waals surface area contributed by atoms with Crippen molar-refractivity contribution in [2.24, 2.45) is 0 Å². The molecule has 0 aliphatic carbocycles. The van der Waals surface area contributed by atoms with Crippen molar-refractivity contribution in [2.75, 3.05) is 20.3 Å². The van der Waals surface area contributed by atoms with Gasteiger partial charge in [0.15, 0.2) is 6.29 Å². The highest BCUT2D eigenvalue weighted by atomic mass is 16.7. The van der Waals surface area contributed by atoms with Crippen molar-refractivity contribution in [1.29, 1.82) is 0 Å². The molecule has 1 aliphatic heterocycles. The number of carbonyl (C=O) groups is 1. The lowest BCUT2D eigenvalue weighted by Gasteiger charge is -2.27. The van der Waals surface area contributed by atoms with Crippen molar-refractivity contribution in [3.05, 3.63) is 23.4 Å². The Kier molecular flexibility index (Phi) is 7.86. The van der Waals surface area contributed by atoms with Gasteiger partial charge in [-0.3, -0.25) is 0 Å². The summed E-state index contributed by atoms with van der Waals surface area (Å²) in [6.07, 6.45) is 4.72. The summed E-state index contributed by atoms with van der Waals surface area (Å²) in [7, 11) is 1.59. The number of pyridine rings is 1. The lowest BCUT2D eigenvalue weighted by Crippen LogP contribution is -2.33. The van der Waals surface area contributed by atoms with Gasteiger partial charge in [0.25, 0.3) is 0 Å². The largest absolute Gasteiger partial charge is 0.481 e. The highest BCUT2D eigenvalue weighted by molar-refractivity contribution is 5.67. The highest BCUT2D eigenvalue weighted by Crippen LogP contribution is 2.28. The van der Waals surface area contributed by atoms with Crippen molar-refractivity contribution in [3.63, 3.8) is 0 Å². The number of methoxy groups -OCH3 is 1. The Morgan fingerprint density at radius 1 is 1.41 bits per heavy atom. The quantitative estimate of drug-likeness (QED) is 0.776. The Morgan fingerprint density at radius 2 is 2.19 bits per heavy atom. The molecule has 1 aromatic heterocycles. The van der Waals surface area contributed by atoms with Gasteiger partial charge in [-0.1, -0.05) is 0 Å². The van der Waals surface area contributed by atoms with Gasteiger partial charge in [-0.25, -0.2) is 9.78 Å². The monoisotopic (exact) mass is 380 g/mol. The zero-order valence-electron chi connectivity index (χ0n) is 17.0. The molecule has 1 saturated heterocycles. The minimum atomic E-state index is -0.515. The van der Waals surface area contributed by atoms with E-state index in [4.69, 9.17) is 18.9 Å². The van der Waals surface area contributed by atoms with Crippen LogP contribution in [-0.2, 0) is 20.6 Å². The van der Waals surface area contributed by atoms with Crippen molar-refractivity contribution in [1.82, 2.24) is 10.3 Å². The van der Waals surface area contributed by atoms with Crippen LogP contribution in [0.15, 0.2) is 12.3 Å². The Labute approximate surface area is 161 Å². The minimum Gasteiger partial charge on any atom is -0.481 e. The molecule has 1 fully saturated rings. The summed E-state index contributed by atoms with van der Waals surface area (Å²) in [6, 6.07) is 1.89. The van der Waals surface area contributed by atoms with E-state index in [1.54, 1.807) is 13.3 Å². The molecule has 0 saturated carbocycles. The van der Waals surface area contributed by atoms with Crippen LogP contribution in [0.5, 0.6) is 5.88 Å². The number of nitrogens with zero attached hydrogens (tertiary/aromatic N) is 1. The number of amides is 1. The van der Waals surface area contributed by atoms with E-state index in [0.717, 1.165) is 37.0 Å². The van der Waals surface area contributed by atoms with E-state index in [2.05, 4.69) is 10.3 Å². The van der Waals surface area contributed by atoms with Crippen molar-refractivity contribution < 1.29 is 23.7 Å². The summed E-state index contributed by atoms with van der Waals surface area (Å²) in [5.41, 5.74) is 1.47. The smallest absolute Gasteiger partial charge is 0.407 e. The first-order valence-electron chi connectivity index (χ1n) is 9.55. The third kappa shape index (κ3) is 7.34. The molecular formula is C20H32N2O5. The van der Waals surface area contributed by atoms with Crippen LogP contribution in [0.25, 0.3) is 0 Å². The molecular weight excluding hydrogens is 348 g/mol. The van der Waals surface area contributed by atoms with Crippen LogP contribution in [0.1, 0.15) is 64.2 Å². The summed E-state index contributed by atoms with van der Waals surface area (Å²) in [6.45, 7) is 8.70. The summed E-state index contributed by atoms with van der Waals surface area (Å²) >= 11 is 0. The molecule has 2 unspecified atom stereocenters. The van der Waals surface area contributed by atoms with Gasteiger partial charge in [-0.05, 0) is 64.5 Å². The van der Waals surface area contributed by atoms with E-state index in [1.165, 1.54) is 0 Å². The minimum absolute atomic E-state index is 0.165. The standard InChI is InChI=1S/C20H32N2O5/c1-14(26-18-8-6-7-11-25-18)16-12-17(24-5)22-13-15(16)9-10-21-19(23)27-20(2,3)4/h12-14,18H,6-11H2,1-5H3,(H,21,23). The average Bonchev–Trinajstić information content (AvgIpc) is 2.61. The van der Waals surface area contributed by atoms with Crippen molar-refractivity contribution in [3.8, 4) is 5.88 Å². The van der Waals surface area contributed by atoms with Crippen LogP contribution in [0.4, 0.5) is 4.79 Å². The first-order valence-corrected chi connectivity index (χ1v) is 9.55. The van der Waals surface area contributed by atoms with Crippen molar-refractivity contribution in [2.45, 2.75) is 71.4 Å². The number of rotatable bonds is 7. The fourth-order valence-corrected chi connectivity index (χ4v) is 2.91. The zero-order valence-corrected chi connectivity index (χ0v) is 17.0. The lowest BCUT2D eigenvalue weighted by atomic mass is 10.0. The van der Waals surface area contributed by atoms with Gasteiger partial charge < -0.3 is 24.3 Å². The van der Waals surface area contributed by atoms with Gasteiger partial charge in [0, 0.05) is 25.4 Å². The van der Waals surface area contributed by atoms with Gasteiger partial charge in [0.1, 0.15) is 5.60 Å². The van der Waals surface area contributed by atoms with E-state index >= 15 is 0 Å². The van der Waals surface area contributed by atoms with Gasteiger partial charge in [0.05, 0.1) is 13.2 Å². The summed E-state index contributed by atoms with van der Waals surface area (Å²) in [5, 5.41) is 2.78. The maximum Gasteiger partial charge on any atom is 0.407 e. The second-order valence-electron chi connectivity index (χ2n) is 7.68. The van der Waals surface area contributed by atoms with E-state index in [0.29, 0.717) is 18.8 Å². The molecule has 1 amide bonds. The molecule has 7 nitrogen and oxygen atoms in total. The van der Waals surface area contributed by atoms with E-state index in [1.807, 2.05) is 33.8 Å².